The number of rotatable bonds is 4. The monoisotopic (exact) mass is 482 g/mol. The minimum atomic E-state index is -0.645. The van der Waals surface area contributed by atoms with Gasteiger partial charge in [-0.2, -0.15) is 0 Å². The number of thioether (sulfide) groups is 1. The number of carbonyl (C=O) groups excluding carboxylic acids is 3. The highest BCUT2D eigenvalue weighted by Crippen LogP contribution is 2.32. The van der Waals surface area contributed by atoms with Gasteiger partial charge in [-0.15, -0.1) is 0 Å². The zero-order valence-corrected chi connectivity index (χ0v) is 16.2. The van der Waals surface area contributed by atoms with Crippen LogP contribution in [0.3, 0.4) is 0 Å². The molecule has 1 heterocycles. The third-order valence-corrected chi connectivity index (χ3v) is 5.12. The molecule has 0 radical (unpaired) electrons. The van der Waals surface area contributed by atoms with Crippen molar-refractivity contribution in [1.29, 1.82) is 0 Å². The zero-order valence-electron chi connectivity index (χ0n) is 13.2. The highest BCUT2D eigenvalue weighted by molar-refractivity contribution is 14.1. The first-order valence-corrected chi connectivity index (χ1v) is 9.39. The van der Waals surface area contributed by atoms with E-state index in [0.717, 1.165) is 25.8 Å². The molecule has 0 aromatic heterocycles. The van der Waals surface area contributed by atoms with Gasteiger partial charge in [0.1, 0.15) is 12.4 Å². The van der Waals surface area contributed by atoms with Gasteiger partial charge in [-0.05, 0) is 70.3 Å². The molecule has 5 nitrogen and oxygen atoms in total. The number of anilines is 1. The second-order valence-electron chi connectivity index (χ2n) is 5.35. The highest BCUT2D eigenvalue weighted by Gasteiger charge is 2.36. The molecular formula is C18H12FIN2O3S. The maximum Gasteiger partial charge on any atom is 0.294 e. The van der Waals surface area contributed by atoms with E-state index >= 15 is 0 Å². The third-order valence-electron chi connectivity index (χ3n) is 3.49. The van der Waals surface area contributed by atoms with Crippen LogP contribution in [0, 0.1) is 9.39 Å². The quantitative estimate of drug-likeness (QED) is 0.527. The van der Waals surface area contributed by atoms with Crippen molar-refractivity contribution in [3.05, 3.63) is 68.4 Å². The summed E-state index contributed by atoms with van der Waals surface area (Å²) in [7, 11) is 0. The summed E-state index contributed by atoms with van der Waals surface area (Å²) < 4.78 is 14.6. The molecule has 26 heavy (non-hydrogen) atoms. The molecule has 0 bridgehead atoms. The lowest BCUT2D eigenvalue weighted by molar-refractivity contribution is -0.127. The smallest absolute Gasteiger partial charge is 0.294 e. The largest absolute Gasteiger partial charge is 0.322 e. The van der Waals surface area contributed by atoms with E-state index in [1.807, 2.05) is 24.3 Å². The van der Waals surface area contributed by atoms with E-state index in [-0.39, 0.29) is 10.6 Å². The van der Waals surface area contributed by atoms with Crippen LogP contribution >= 0.6 is 34.4 Å². The van der Waals surface area contributed by atoms with E-state index < -0.39 is 29.4 Å². The number of benzene rings is 2. The number of para-hydroxylation sites is 1. The molecule has 0 spiro atoms. The summed E-state index contributed by atoms with van der Waals surface area (Å²) in [5, 5.41) is 1.83. The van der Waals surface area contributed by atoms with Gasteiger partial charge in [0.2, 0.25) is 5.91 Å². The van der Waals surface area contributed by atoms with Crippen LogP contribution in [0.15, 0.2) is 53.4 Å². The summed E-state index contributed by atoms with van der Waals surface area (Å²) >= 11 is 2.94. The van der Waals surface area contributed by atoms with E-state index in [0.29, 0.717) is 0 Å². The molecule has 0 saturated carbocycles. The fourth-order valence-electron chi connectivity index (χ4n) is 2.24. The summed E-state index contributed by atoms with van der Waals surface area (Å²) in [4.78, 5) is 37.6. The summed E-state index contributed by atoms with van der Waals surface area (Å²) in [6.45, 7) is -0.469. The Morgan fingerprint density at radius 2 is 1.85 bits per heavy atom. The van der Waals surface area contributed by atoms with E-state index in [4.69, 9.17) is 0 Å². The fourth-order valence-corrected chi connectivity index (χ4v) is 3.44. The Kier molecular flexibility index (Phi) is 5.72. The van der Waals surface area contributed by atoms with Gasteiger partial charge in [0.05, 0.1) is 10.6 Å². The number of amides is 3. The summed E-state index contributed by atoms with van der Waals surface area (Å²) in [6, 6.07) is 13.1. The van der Waals surface area contributed by atoms with Crippen molar-refractivity contribution in [3.8, 4) is 0 Å². The number of carbonyl (C=O) groups is 3. The first kappa shape index (κ1) is 18.6. The molecule has 1 N–H and O–H groups in total. The van der Waals surface area contributed by atoms with Crippen molar-refractivity contribution in [2.75, 3.05) is 11.9 Å². The van der Waals surface area contributed by atoms with Gasteiger partial charge >= 0.3 is 0 Å². The van der Waals surface area contributed by atoms with Crippen LogP contribution < -0.4 is 5.32 Å². The minimum Gasteiger partial charge on any atom is -0.322 e. The Bertz CT molecular complexity index is 915. The van der Waals surface area contributed by atoms with E-state index in [9.17, 15) is 18.8 Å². The van der Waals surface area contributed by atoms with Crippen LogP contribution in [0.25, 0.3) is 6.08 Å². The zero-order chi connectivity index (χ0) is 18.7. The lowest BCUT2D eigenvalue weighted by Gasteiger charge is -2.12. The molecule has 132 valence electrons. The lowest BCUT2D eigenvalue weighted by atomic mass is 10.2. The molecule has 8 heteroatoms. The Labute approximate surface area is 166 Å². The van der Waals surface area contributed by atoms with Crippen LogP contribution in [-0.4, -0.2) is 28.5 Å². The first-order valence-electron chi connectivity index (χ1n) is 7.49. The summed E-state index contributed by atoms with van der Waals surface area (Å²) in [5.74, 6) is -1.77. The molecule has 3 rings (SSSR count). The van der Waals surface area contributed by atoms with Crippen LogP contribution in [0.4, 0.5) is 14.9 Å². The van der Waals surface area contributed by atoms with Crippen LogP contribution in [0.2, 0.25) is 0 Å². The Morgan fingerprint density at radius 3 is 2.54 bits per heavy atom. The number of hydrogen-bond donors (Lipinski definition) is 1. The molecule has 1 fully saturated rings. The molecule has 0 atom stereocenters. The van der Waals surface area contributed by atoms with Gasteiger partial charge in [0, 0.05) is 3.57 Å². The SMILES string of the molecule is O=C(CN1C(=O)S/C(=C\c2ccc(I)cc2)C1=O)Nc1ccccc1F. The topological polar surface area (TPSA) is 66.5 Å². The molecular weight excluding hydrogens is 470 g/mol. The normalized spacial score (nSPS) is 15.6. The standard InChI is InChI=1S/C18H12FIN2O3S/c19-13-3-1-2-4-14(13)21-16(23)10-22-17(24)15(26-18(22)25)9-11-5-7-12(20)8-6-11/h1-9H,10H2,(H,21,23)/b15-9-. The molecule has 0 unspecified atom stereocenters. The number of hydrogen-bond acceptors (Lipinski definition) is 4. The van der Waals surface area contributed by atoms with Gasteiger partial charge in [-0.3, -0.25) is 19.3 Å². The molecule has 2 aromatic carbocycles. The first-order chi connectivity index (χ1) is 12.4. The van der Waals surface area contributed by atoms with Gasteiger partial charge in [0.25, 0.3) is 11.1 Å². The Hall–Kier alpha value is -2.20. The molecule has 1 aliphatic rings. The summed E-state index contributed by atoms with van der Waals surface area (Å²) in [6.07, 6.45) is 1.61. The van der Waals surface area contributed by atoms with Gasteiger partial charge in [-0.1, -0.05) is 24.3 Å². The van der Waals surface area contributed by atoms with Gasteiger partial charge < -0.3 is 5.32 Å². The molecule has 1 aliphatic heterocycles. The third kappa shape index (κ3) is 4.31. The van der Waals surface area contributed by atoms with Gasteiger partial charge in [0.15, 0.2) is 0 Å². The van der Waals surface area contributed by atoms with Crippen molar-refractivity contribution in [2.24, 2.45) is 0 Å². The molecule has 0 aliphatic carbocycles. The van der Waals surface area contributed by atoms with Crippen molar-refractivity contribution < 1.29 is 18.8 Å². The number of imide groups is 1. The van der Waals surface area contributed by atoms with Crippen molar-refractivity contribution >= 4 is 63.2 Å². The van der Waals surface area contributed by atoms with E-state index in [2.05, 4.69) is 27.9 Å². The van der Waals surface area contributed by atoms with Crippen molar-refractivity contribution in [2.45, 2.75) is 0 Å². The Morgan fingerprint density at radius 1 is 1.15 bits per heavy atom. The Balaban J connectivity index is 1.70. The average molecular weight is 482 g/mol. The predicted octanol–water partition coefficient (Wildman–Crippen LogP) is 4.11. The van der Waals surface area contributed by atoms with Crippen LogP contribution in [-0.2, 0) is 9.59 Å². The predicted molar refractivity (Wildman–Crippen MR) is 107 cm³/mol. The second-order valence-corrected chi connectivity index (χ2v) is 7.59. The maximum atomic E-state index is 13.6. The molecule has 2 aromatic rings. The number of nitrogens with one attached hydrogen (secondary N) is 1. The van der Waals surface area contributed by atoms with E-state index in [1.165, 1.54) is 18.2 Å². The second kappa shape index (κ2) is 8.00. The fraction of sp³-hybridized carbons (Fsp3) is 0.0556. The average Bonchev–Trinajstić information content (AvgIpc) is 2.86. The molecule has 3 amide bonds. The van der Waals surface area contributed by atoms with Crippen molar-refractivity contribution in [1.82, 2.24) is 4.90 Å². The molecule has 1 saturated heterocycles. The highest BCUT2D eigenvalue weighted by atomic mass is 127. The number of halogens is 2. The lowest BCUT2D eigenvalue weighted by Crippen LogP contribution is -2.36. The summed E-state index contributed by atoms with van der Waals surface area (Å²) in [5.41, 5.74) is 0.783. The minimum absolute atomic E-state index is 0.00102. The van der Waals surface area contributed by atoms with E-state index in [1.54, 1.807) is 12.1 Å². The van der Waals surface area contributed by atoms with Gasteiger partial charge in [-0.25, -0.2) is 4.39 Å². The van der Waals surface area contributed by atoms with Crippen molar-refractivity contribution in [3.63, 3.8) is 0 Å². The van der Waals surface area contributed by atoms with Crippen LogP contribution in [0.5, 0.6) is 0 Å². The maximum absolute atomic E-state index is 13.6. The van der Waals surface area contributed by atoms with Crippen LogP contribution in [0.1, 0.15) is 5.56 Å². The number of nitrogens with zero attached hydrogens (tertiary/aromatic N) is 1.